The van der Waals surface area contributed by atoms with Gasteiger partial charge in [0.25, 0.3) is 10.0 Å². The van der Waals surface area contributed by atoms with Crippen molar-refractivity contribution in [1.29, 1.82) is 0 Å². The number of carbonyl (C=O) groups excluding carboxylic acids is 1. The van der Waals surface area contributed by atoms with E-state index in [1.54, 1.807) is 20.8 Å². The number of urea groups is 1. The van der Waals surface area contributed by atoms with Crippen LogP contribution in [0.2, 0.25) is 0 Å². The molecule has 1 aromatic heterocycles. The lowest BCUT2D eigenvalue weighted by atomic mass is 9.93. The fourth-order valence-corrected chi connectivity index (χ4v) is 5.79. The molecule has 0 unspecified atom stereocenters. The van der Waals surface area contributed by atoms with Crippen molar-refractivity contribution in [3.63, 3.8) is 0 Å². The van der Waals surface area contributed by atoms with Crippen molar-refractivity contribution >= 4 is 21.7 Å². The van der Waals surface area contributed by atoms with Crippen LogP contribution in [0.25, 0.3) is 0 Å². The predicted octanol–water partition coefficient (Wildman–Crippen LogP) is 3.61. The summed E-state index contributed by atoms with van der Waals surface area (Å²) in [4.78, 5) is 12.7. The number of sulfonamides is 1. The zero-order valence-corrected chi connectivity index (χ0v) is 18.6. The molecule has 0 bridgehead atoms. The van der Waals surface area contributed by atoms with Crippen LogP contribution in [0.4, 0.5) is 10.5 Å². The predicted molar refractivity (Wildman–Crippen MR) is 113 cm³/mol. The lowest BCUT2D eigenvalue weighted by molar-refractivity contribution is 0.0769. The summed E-state index contributed by atoms with van der Waals surface area (Å²) in [5, 5.41) is 12.6. The zero-order valence-electron chi connectivity index (χ0n) is 17.8. The van der Waals surface area contributed by atoms with Crippen LogP contribution in [0.15, 0.2) is 15.6 Å². The molecule has 0 saturated carbocycles. The van der Waals surface area contributed by atoms with Gasteiger partial charge in [-0.25, -0.2) is 9.52 Å². The van der Waals surface area contributed by atoms with Gasteiger partial charge in [0.05, 0.1) is 5.60 Å². The molecule has 0 saturated heterocycles. The van der Waals surface area contributed by atoms with Gasteiger partial charge in [-0.05, 0) is 94.0 Å². The average molecular weight is 433 g/mol. The fraction of sp³-hybridized carbons (Fsp3) is 0.500. The number of benzene rings is 1. The van der Waals surface area contributed by atoms with Gasteiger partial charge < -0.3 is 14.8 Å². The number of anilines is 1. The smallest absolute Gasteiger partial charge is 0.333 e. The van der Waals surface area contributed by atoms with Crippen LogP contribution >= 0.6 is 0 Å². The summed E-state index contributed by atoms with van der Waals surface area (Å²) in [6.45, 7) is 6.81. The molecule has 1 heterocycles. The van der Waals surface area contributed by atoms with E-state index in [4.69, 9.17) is 4.42 Å². The molecule has 4 rings (SSSR count). The van der Waals surface area contributed by atoms with Gasteiger partial charge in [-0.2, -0.15) is 8.42 Å². The molecule has 8 heteroatoms. The molecule has 2 amide bonds. The summed E-state index contributed by atoms with van der Waals surface area (Å²) in [5.41, 5.74) is 6.08. The van der Waals surface area contributed by atoms with E-state index in [1.807, 2.05) is 0 Å². The zero-order chi connectivity index (χ0) is 21.8. The van der Waals surface area contributed by atoms with E-state index in [9.17, 15) is 18.3 Å². The van der Waals surface area contributed by atoms with Crippen molar-refractivity contribution in [3.8, 4) is 0 Å². The highest BCUT2D eigenvalue weighted by atomic mass is 32.2. The Bertz CT molecular complexity index is 1100. The number of aliphatic hydroxyl groups is 1. The Hall–Kier alpha value is -2.32. The van der Waals surface area contributed by atoms with Crippen LogP contribution in [0, 0.1) is 13.8 Å². The number of carbonyl (C=O) groups is 1. The van der Waals surface area contributed by atoms with Crippen LogP contribution in [-0.2, 0) is 41.3 Å². The number of amides is 2. The number of rotatable bonds is 4. The number of hydrogen-bond donors (Lipinski definition) is 3. The highest BCUT2D eigenvalue weighted by Crippen LogP contribution is 2.41. The van der Waals surface area contributed by atoms with E-state index in [0.29, 0.717) is 5.56 Å². The molecule has 162 valence electrons. The summed E-state index contributed by atoms with van der Waals surface area (Å²) >= 11 is 0. The minimum Gasteiger partial charge on any atom is -0.448 e. The van der Waals surface area contributed by atoms with Gasteiger partial charge in [-0.3, -0.25) is 0 Å². The Labute approximate surface area is 176 Å². The van der Waals surface area contributed by atoms with E-state index in [-0.39, 0.29) is 5.76 Å². The molecule has 0 aliphatic heterocycles. The van der Waals surface area contributed by atoms with E-state index in [1.165, 1.54) is 22.8 Å². The molecule has 7 nitrogen and oxygen atoms in total. The average Bonchev–Trinajstić information content (AvgIpc) is 3.36. The normalized spacial score (nSPS) is 15.8. The van der Waals surface area contributed by atoms with Crippen LogP contribution in [-0.4, -0.2) is 19.6 Å². The van der Waals surface area contributed by atoms with E-state index >= 15 is 0 Å². The fourth-order valence-electron chi connectivity index (χ4n) is 4.89. The maximum absolute atomic E-state index is 12.7. The first kappa shape index (κ1) is 20.9. The Morgan fingerprint density at radius 1 is 1.03 bits per heavy atom. The van der Waals surface area contributed by atoms with Crippen molar-refractivity contribution < 1.29 is 22.7 Å². The topological polar surface area (TPSA) is 109 Å². The second-order valence-corrected chi connectivity index (χ2v) is 10.4. The lowest BCUT2D eigenvalue weighted by Gasteiger charge is -2.19. The number of nitrogens with one attached hydrogen (secondary N) is 2. The van der Waals surface area contributed by atoms with Gasteiger partial charge in [0.15, 0.2) is 0 Å². The molecule has 30 heavy (non-hydrogen) atoms. The van der Waals surface area contributed by atoms with Gasteiger partial charge >= 0.3 is 6.03 Å². The van der Waals surface area contributed by atoms with Crippen molar-refractivity contribution in [2.75, 3.05) is 5.32 Å². The van der Waals surface area contributed by atoms with Crippen molar-refractivity contribution in [2.45, 2.75) is 76.9 Å². The molecule has 0 radical (unpaired) electrons. The van der Waals surface area contributed by atoms with E-state index < -0.39 is 26.7 Å². The Morgan fingerprint density at radius 3 is 2.07 bits per heavy atom. The van der Waals surface area contributed by atoms with Crippen LogP contribution < -0.4 is 10.0 Å². The highest BCUT2D eigenvalue weighted by Gasteiger charge is 2.31. The molecule has 2 aliphatic carbocycles. The Morgan fingerprint density at radius 2 is 1.57 bits per heavy atom. The third kappa shape index (κ3) is 3.52. The Balaban J connectivity index is 1.61. The maximum Gasteiger partial charge on any atom is 0.333 e. The van der Waals surface area contributed by atoms with Crippen molar-refractivity contribution in [1.82, 2.24) is 4.72 Å². The van der Waals surface area contributed by atoms with Gasteiger partial charge in [0.1, 0.15) is 5.76 Å². The van der Waals surface area contributed by atoms with Crippen LogP contribution in [0.3, 0.4) is 0 Å². The number of aryl methyl sites for hydroxylation is 1. The summed E-state index contributed by atoms with van der Waals surface area (Å²) in [5.74, 6) is 0.289. The standard InChI is InChI=1S/C22H28N2O5S/c1-12-14-7-5-9-16(14)20(17-10-6-8-15(12)17)23-21(25)24-30(27,28)19-11-18(13(2)29-19)22(3,4)26/h11,26H,5-10H2,1-4H3,(H2,23,24,25). The third-order valence-electron chi connectivity index (χ3n) is 6.23. The molecule has 0 spiro atoms. The molecule has 0 atom stereocenters. The first-order valence-electron chi connectivity index (χ1n) is 10.3. The van der Waals surface area contributed by atoms with Gasteiger partial charge in [0, 0.05) is 17.3 Å². The monoisotopic (exact) mass is 432 g/mol. The van der Waals surface area contributed by atoms with Crippen LogP contribution in [0.1, 0.15) is 65.8 Å². The quantitative estimate of drug-likeness (QED) is 0.684. The second kappa shape index (κ2) is 7.13. The van der Waals surface area contributed by atoms with Crippen molar-refractivity contribution in [2.24, 2.45) is 0 Å². The lowest BCUT2D eigenvalue weighted by Crippen LogP contribution is -2.34. The summed E-state index contributed by atoms with van der Waals surface area (Å²) in [7, 11) is -4.22. The van der Waals surface area contributed by atoms with Gasteiger partial charge in [-0.15, -0.1) is 0 Å². The van der Waals surface area contributed by atoms with Gasteiger partial charge in [0.2, 0.25) is 5.09 Å². The molecule has 1 aromatic carbocycles. The first-order chi connectivity index (χ1) is 14.0. The summed E-state index contributed by atoms with van der Waals surface area (Å²) in [6, 6.07) is 0.451. The third-order valence-corrected chi connectivity index (χ3v) is 7.41. The highest BCUT2D eigenvalue weighted by molar-refractivity contribution is 7.89. The minimum atomic E-state index is -4.22. The molecule has 3 N–H and O–H groups in total. The maximum atomic E-state index is 12.7. The molecule has 0 fully saturated rings. The number of fused-ring (bicyclic) bond motifs is 2. The molecule has 2 aliphatic rings. The molecular formula is C22H28N2O5S. The number of furan rings is 1. The minimum absolute atomic E-state index is 0.289. The second-order valence-electron chi connectivity index (χ2n) is 8.78. The van der Waals surface area contributed by atoms with Crippen LogP contribution in [0.5, 0.6) is 0 Å². The summed E-state index contributed by atoms with van der Waals surface area (Å²) in [6.07, 6.45) is 5.84. The van der Waals surface area contributed by atoms with Gasteiger partial charge in [-0.1, -0.05) is 0 Å². The van der Waals surface area contributed by atoms with E-state index in [2.05, 4.69) is 17.0 Å². The van der Waals surface area contributed by atoms with Crippen molar-refractivity contribution in [3.05, 3.63) is 45.2 Å². The first-order valence-corrected chi connectivity index (χ1v) is 11.8. The Kier molecular flexibility index (Phi) is 4.97. The SMILES string of the molecule is Cc1oc(S(=O)(=O)NC(=O)Nc2c3c(c(C)c4c2CCC4)CCC3)cc1C(C)(C)O. The number of hydrogen-bond acceptors (Lipinski definition) is 5. The molecular weight excluding hydrogens is 404 g/mol. The largest absolute Gasteiger partial charge is 0.448 e. The molecule has 2 aromatic rings. The summed E-state index contributed by atoms with van der Waals surface area (Å²) < 4.78 is 32.8. The van der Waals surface area contributed by atoms with E-state index in [0.717, 1.165) is 55.3 Å².